The molecular formula is C12H20N4O3. The smallest absolute Gasteiger partial charge is 0.240 e. The Kier molecular flexibility index (Phi) is 5.65. The molecule has 0 atom stereocenters. The number of carbonyl (C=O) groups is 1. The summed E-state index contributed by atoms with van der Waals surface area (Å²) in [6.45, 7) is 1.22. The number of hydrogen-bond acceptors (Lipinski definition) is 6. The van der Waals surface area contributed by atoms with Crippen molar-refractivity contribution in [3.63, 3.8) is 0 Å². The molecule has 0 aromatic carbocycles. The van der Waals surface area contributed by atoms with Gasteiger partial charge in [-0.1, -0.05) is 6.92 Å². The largest absolute Gasteiger partial charge is 0.394 e. The first-order valence-corrected chi connectivity index (χ1v) is 6.08. The van der Waals surface area contributed by atoms with E-state index in [0.717, 1.165) is 0 Å². The lowest BCUT2D eigenvalue weighted by atomic mass is 9.98. The summed E-state index contributed by atoms with van der Waals surface area (Å²) in [7, 11) is 1.69. The lowest BCUT2D eigenvalue weighted by Gasteiger charge is -2.30. The van der Waals surface area contributed by atoms with Crippen molar-refractivity contribution >= 4 is 11.9 Å². The van der Waals surface area contributed by atoms with Crippen LogP contribution in [0.2, 0.25) is 0 Å². The van der Waals surface area contributed by atoms with Gasteiger partial charge in [0.2, 0.25) is 11.9 Å². The highest BCUT2D eigenvalue weighted by molar-refractivity contribution is 5.81. The van der Waals surface area contributed by atoms with Gasteiger partial charge in [-0.05, 0) is 12.5 Å². The molecule has 0 radical (unpaired) electrons. The number of nitrogens with zero attached hydrogens (tertiary/aromatic N) is 3. The second-order valence-corrected chi connectivity index (χ2v) is 4.40. The maximum absolute atomic E-state index is 11.9. The summed E-state index contributed by atoms with van der Waals surface area (Å²) in [5, 5.41) is 21.2. The molecule has 0 aliphatic rings. The molecule has 0 saturated heterocycles. The SMILES string of the molecule is CCC(CO)(CO)NC(=O)CN(C)c1ncccn1. The standard InChI is InChI=1S/C12H20N4O3/c1-3-12(8-17,9-18)15-10(19)7-16(2)11-13-5-4-6-14-11/h4-6,17-18H,3,7-9H2,1-2H3,(H,15,19). The van der Waals surface area contributed by atoms with Crippen LogP contribution in [-0.2, 0) is 4.79 Å². The van der Waals surface area contributed by atoms with Gasteiger partial charge in [-0.25, -0.2) is 9.97 Å². The van der Waals surface area contributed by atoms with Crippen LogP contribution in [0.3, 0.4) is 0 Å². The number of amides is 1. The Morgan fingerprint density at radius 3 is 2.42 bits per heavy atom. The molecule has 19 heavy (non-hydrogen) atoms. The fourth-order valence-corrected chi connectivity index (χ4v) is 1.55. The van der Waals surface area contributed by atoms with Crippen LogP contribution >= 0.6 is 0 Å². The number of carbonyl (C=O) groups excluding carboxylic acids is 1. The van der Waals surface area contributed by atoms with Crippen molar-refractivity contribution < 1.29 is 15.0 Å². The molecule has 106 valence electrons. The highest BCUT2D eigenvalue weighted by Gasteiger charge is 2.28. The Labute approximate surface area is 112 Å². The fraction of sp³-hybridized carbons (Fsp3) is 0.583. The predicted octanol–water partition coefficient (Wildman–Crippen LogP) is -0.838. The molecule has 0 spiro atoms. The molecule has 0 aliphatic heterocycles. The quantitative estimate of drug-likeness (QED) is 0.596. The van der Waals surface area contributed by atoms with Gasteiger partial charge in [0.05, 0.1) is 25.3 Å². The Balaban J connectivity index is 2.60. The first-order chi connectivity index (χ1) is 9.06. The van der Waals surface area contributed by atoms with E-state index in [-0.39, 0.29) is 25.7 Å². The third-order valence-corrected chi connectivity index (χ3v) is 2.96. The minimum atomic E-state index is -0.977. The Hall–Kier alpha value is -1.73. The van der Waals surface area contributed by atoms with Crippen LogP contribution < -0.4 is 10.2 Å². The summed E-state index contributed by atoms with van der Waals surface area (Å²) >= 11 is 0. The lowest BCUT2D eigenvalue weighted by Crippen LogP contribution is -2.55. The van der Waals surface area contributed by atoms with E-state index in [4.69, 9.17) is 0 Å². The first-order valence-electron chi connectivity index (χ1n) is 6.08. The number of aromatic nitrogens is 2. The van der Waals surface area contributed by atoms with Crippen LogP contribution in [0.4, 0.5) is 5.95 Å². The van der Waals surface area contributed by atoms with Gasteiger partial charge in [-0.15, -0.1) is 0 Å². The maximum Gasteiger partial charge on any atom is 0.240 e. The zero-order chi connectivity index (χ0) is 14.3. The molecule has 7 heteroatoms. The zero-order valence-corrected chi connectivity index (χ0v) is 11.2. The van der Waals surface area contributed by atoms with Crippen LogP contribution in [0.1, 0.15) is 13.3 Å². The van der Waals surface area contributed by atoms with E-state index in [1.807, 2.05) is 0 Å². The average Bonchev–Trinajstić information content (AvgIpc) is 2.46. The number of aliphatic hydroxyl groups excluding tert-OH is 2. The van der Waals surface area contributed by atoms with Crippen molar-refractivity contribution in [3.8, 4) is 0 Å². The number of likely N-dealkylation sites (N-methyl/N-ethyl adjacent to an activating group) is 1. The van der Waals surface area contributed by atoms with Gasteiger partial charge in [0.25, 0.3) is 0 Å². The second kappa shape index (κ2) is 7.01. The van der Waals surface area contributed by atoms with Gasteiger partial charge in [-0.3, -0.25) is 4.79 Å². The van der Waals surface area contributed by atoms with Crippen LogP contribution in [0, 0.1) is 0 Å². The van der Waals surface area contributed by atoms with Crippen LogP contribution in [-0.4, -0.2) is 58.4 Å². The van der Waals surface area contributed by atoms with Crippen LogP contribution in [0.15, 0.2) is 18.5 Å². The van der Waals surface area contributed by atoms with E-state index in [1.54, 1.807) is 37.3 Å². The zero-order valence-electron chi connectivity index (χ0n) is 11.2. The van der Waals surface area contributed by atoms with Crippen molar-refractivity contribution in [2.45, 2.75) is 18.9 Å². The molecule has 7 nitrogen and oxygen atoms in total. The molecular weight excluding hydrogens is 248 g/mol. The molecule has 0 bridgehead atoms. The molecule has 0 saturated carbocycles. The van der Waals surface area contributed by atoms with Gasteiger partial charge in [0, 0.05) is 19.4 Å². The molecule has 0 fully saturated rings. The predicted molar refractivity (Wildman–Crippen MR) is 70.6 cm³/mol. The second-order valence-electron chi connectivity index (χ2n) is 4.40. The van der Waals surface area contributed by atoms with Gasteiger partial charge in [-0.2, -0.15) is 0 Å². The van der Waals surface area contributed by atoms with Gasteiger partial charge in [0.15, 0.2) is 0 Å². The summed E-state index contributed by atoms with van der Waals surface area (Å²) in [6, 6.07) is 1.69. The number of aliphatic hydroxyl groups is 2. The van der Waals surface area contributed by atoms with E-state index < -0.39 is 5.54 Å². The topological polar surface area (TPSA) is 98.6 Å². The van der Waals surface area contributed by atoms with E-state index >= 15 is 0 Å². The van der Waals surface area contributed by atoms with Gasteiger partial charge in [0.1, 0.15) is 0 Å². The molecule has 1 aromatic rings. The molecule has 0 unspecified atom stereocenters. The number of nitrogens with one attached hydrogen (secondary N) is 1. The summed E-state index contributed by atoms with van der Waals surface area (Å²) < 4.78 is 0. The average molecular weight is 268 g/mol. The molecule has 3 N–H and O–H groups in total. The normalized spacial score (nSPS) is 11.2. The Morgan fingerprint density at radius 2 is 1.95 bits per heavy atom. The maximum atomic E-state index is 11.9. The number of hydrogen-bond donors (Lipinski definition) is 3. The molecule has 1 aromatic heterocycles. The number of rotatable bonds is 7. The van der Waals surface area contributed by atoms with Gasteiger partial charge >= 0.3 is 0 Å². The third kappa shape index (κ3) is 4.15. The van der Waals surface area contributed by atoms with Crippen molar-refractivity contribution in [3.05, 3.63) is 18.5 Å². The monoisotopic (exact) mass is 268 g/mol. The van der Waals surface area contributed by atoms with Gasteiger partial charge < -0.3 is 20.4 Å². The molecule has 1 rings (SSSR count). The van der Waals surface area contributed by atoms with Crippen molar-refractivity contribution in [1.29, 1.82) is 0 Å². The summed E-state index contributed by atoms with van der Waals surface area (Å²) in [5.74, 6) is 0.132. The third-order valence-electron chi connectivity index (χ3n) is 2.96. The summed E-state index contributed by atoms with van der Waals surface area (Å²) in [5.41, 5.74) is -0.977. The molecule has 1 amide bonds. The van der Waals surface area contributed by atoms with Crippen LogP contribution in [0.25, 0.3) is 0 Å². The molecule has 1 heterocycles. The minimum Gasteiger partial charge on any atom is -0.394 e. The minimum absolute atomic E-state index is 0.0474. The highest BCUT2D eigenvalue weighted by Crippen LogP contribution is 2.08. The van der Waals surface area contributed by atoms with E-state index in [0.29, 0.717) is 12.4 Å². The van der Waals surface area contributed by atoms with Crippen LogP contribution in [0.5, 0.6) is 0 Å². The molecule has 0 aliphatic carbocycles. The summed E-state index contributed by atoms with van der Waals surface area (Å²) in [4.78, 5) is 21.5. The Morgan fingerprint density at radius 1 is 1.37 bits per heavy atom. The Bertz CT molecular complexity index is 387. The van der Waals surface area contributed by atoms with Crippen molar-refractivity contribution in [2.24, 2.45) is 0 Å². The fourth-order valence-electron chi connectivity index (χ4n) is 1.55. The lowest BCUT2D eigenvalue weighted by molar-refractivity contribution is -0.123. The summed E-state index contributed by atoms with van der Waals surface area (Å²) in [6.07, 6.45) is 3.63. The number of anilines is 1. The van der Waals surface area contributed by atoms with E-state index in [9.17, 15) is 15.0 Å². The van der Waals surface area contributed by atoms with Crippen molar-refractivity contribution in [2.75, 3.05) is 31.7 Å². The van der Waals surface area contributed by atoms with E-state index in [2.05, 4.69) is 15.3 Å². The first kappa shape index (κ1) is 15.3. The van der Waals surface area contributed by atoms with Crippen molar-refractivity contribution in [1.82, 2.24) is 15.3 Å². The van der Waals surface area contributed by atoms with E-state index in [1.165, 1.54) is 0 Å². The highest BCUT2D eigenvalue weighted by atomic mass is 16.3.